The summed E-state index contributed by atoms with van der Waals surface area (Å²) in [6.45, 7) is 2.88. The van der Waals surface area contributed by atoms with Gasteiger partial charge in [0.2, 0.25) is 82.7 Å². The zero-order valence-electron chi connectivity index (χ0n) is 72.5. The molecule has 1 saturated carbocycles. The number of nitrogens with two attached hydrogens (primary N) is 2. The number of nitrogens with one attached hydrogen (secondary N) is 13. The van der Waals surface area contributed by atoms with Crippen LogP contribution in [0, 0.1) is 6.92 Å². The summed E-state index contributed by atoms with van der Waals surface area (Å²) >= 11 is 0.936. The summed E-state index contributed by atoms with van der Waals surface area (Å²) in [5, 5.41) is 53.7. The summed E-state index contributed by atoms with van der Waals surface area (Å²) in [6, 6.07) is 12.2. The van der Waals surface area contributed by atoms with E-state index in [-0.39, 0.29) is 212 Å². The molecule has 3 unspecified atom stereocenters. The maximum Gasteiger partial charge on any atom is 0.700 e. The van der Waals surface area contributed by atoms with Gasteiger partial charge in [0.05, 0.1) is 70.6 Å². The van der Waals surface area contributed by atoms with Crippen molar-refractivity contribution in [1.82, 2.24) is 68.4 Å². The van der Waals surface area contributed by atoms with Gasteiger partial charge in [0.25, 0.3) is 0 Å². The molecular weight excluding hydrogens is 1770 g/mol. The standard InChI is InChI=1S/C82H119N17O28P2S/c1-55-14-3-4-16-60(55)97-80(116)93-58-24-21-56(22-25-58)50-70(105)95-62(18-6-9-35-86-65(100)26-23-57-15-12-34-85-52-57)76(112)96-63(19-11-20-73(108)109)77(113)98-81(31-7-2-8-32-81)79(115)92-41-45-125-49-48-124-43-39-89-67(102)28-27-66(101)88-38-42-122-46-47-123-44-40-90-68(103)29-30-69(104)94-61(74(84)110)17-5-10-36-91-75(111)59(83)54-130-64-51-72(107)99(78(64)114)53-71(106)87-37-13-33-82(117,126-128(118)119)127-129(120)121/h3-4,12,14-16,21-26,34,52,59,61-64,117H,2,5-11,13,17-20,27-33,35-51,53-54,83H2,1H3,(H16-2,84,86,87,88,89,90,91,92,93,94,95,96,97,98,100,101,102,103,104,105,106,108,109,110,111,112,113,115,116,118,119,120,121)/p+2/b26-23+/t59-,61+,62+,63+,64?/m1/s1. The second kappa shape index (κ2) is 61.5. The van der Waals surface area contributed by atoms with Gasteiger partial charge in [-0.25, -0.2) is 4.79 Å². The van der Waals surface area contributed by atoms with Gasteiger partial charge >= 0.3 is 34.5 Å². The van der Waals surface area contributed by atoms with Crippen LogP contribution in [0.3, 0.4) is 0 Å². The summed E-state index contributed by atoms with van der Waals surface area (Å²) in [5.74, 6) is -12.3. The number of rotatable bonds is 66. The molecule has 130 heavy (non-hydrogen) atoms. The topological polar surface area (TPSA) is 668 Å². The van der Waals surface area contributed by atoms with Crippen LogP contribution in [0.4, 0.5) is 16.2 Å². The number of aromatic nitrogens is 1. The number of carboxylic acid groups (broad SMARTS) is 1. The molecule has 7 atom stereocenters. The Hall–Kier alpha value is -11.0. The number of primary amides is 1. The molecule has 2 aliphatic rings. The molecule has 1 aliphatic heterocycles. The number of aryl methyl sites for hydroxylation is 1. The largest absolute Gasteiger partial charge is 0.700 e. The summed E-state index contributed by atoms with van der Waals surface area (Å²) in [4.78, 5) is 229. The number of amides is 16. The van der Waals surface area contributed by atoms with Crippen molar-refractivity contribution in [2.75, 3.05) is 122 Å². The highest BCUT2D eigenvalue weighted by molar-refractivity contribution is 8.00. The van der Waals surface area contributed by atoms with Gasteiger partial charge in [0.1, 0.15) is 30.2 Å². The molecule has 1 aromatic heterocycles. The van der Waals surface area contributed by atoms with Crippen LogP contribution in [0.1, 0.15) is 152 Å². The zero-order valence-corrected chi connectivity index (χ0v) is 75.1. The van der Waals surface area contributed by atoms with Crippen LogP contribution < -0.4 is 80.6 Å². The lowest BCUT2D eigenvalue weighted by molar-refractivity contribution is -0.277. The Labute approximate surface area is 757 Å². The molecule has 45 nitrogen and oxygen atoms in total. The number of aliphatic carboxylic acids is 1. The van der Waals surface area contributed by atoms with Gasteiger partial charge in [0.15, 0.2) is 0 Å². The number of carbonyl (C=O) groups excluding carboxylic acids is 15. The molecule has 16 amide bonds. The van der Waals surface area contributed by atoms with Gasteiger partial charge in [-0.05, 0) is 134 Å². The lowest BCUT2D eigenvalue weighted by Crippen LogP contribution is -2.63. The van der Waals surface area contributed by atoms with Gasteiger partial charge in [-0.2, -0.15) is 0 Å². The van der Waals surface area contributed by atoms with Crippen LogP contribution in [0.5, 0.6) is 0 Å². The number of ether oxygens (including phenoxy) is 4. The molecule has 1 saturated heterocycles. The van der Waals surface area contributed by atoms with Crippen LogP contribution in [0.15, 0.2) is 79.1 Å². The number of benzene rings is 2. The minimum atomic E-state index is -3.44. The molecular formula is C82H121N17O28P2S+2. The Morgan fingerprint density at radius 1 is 0.585 bits per heavy atom. The smallest absolute Gasteiger partial charge is 0.481 e. The lowest BCUT2D eigenvalue weighted by Gasteiger charge is -2.38. The number of pyridine rings is 1. The molecule has 1 aliphatic carbocycles. The van der Waals surface area contributed by atoms with E-state index in [1.165, 1.54) is 6.08 Å². The third kappa shape index (κ3) is 46.0. The molecule has 0 spiro atoms. The van der Waals surface area contributed by atoms with Gasteiger partial charge < -0.3 is 110 Å². The van der Waals surface area contributed by atoms with Gasteiger partial charge in [-0.3, -0.25) is 81.8 Å². The third-order valence-electron chi connectivity index (χ3n) is 19.8. The summed E-state index contributed by atoms with van der Waals surface area (Å²) in [7, 11) is -6.88. The average molecular weight is 1890 g/mol. The molecule has 716 valence electrons. The van der Waals surface area contributed by atoms with Gasteiger partial charge in [0, 0.05) is 135 Å². The minimum Gasteiger partial charge on any atom is -0.481 e. The van der Waals surface area contributed by atoms with Crippen molar-refractivity contribution < 1.29 is 134 Å². The second-order valence-electron chi connectivity index (χ2n) is 30.1. The SMILES string of the molecule is Cc1ccccc1NC(=O)Nc1ccc(CC(=O)N[C@@H](CCCCNC(=O)/C=C/c2cccnc2)C(=O)N[C@@H](CCCC(=O)O)C(=O)NC2(C(=O)NCCOCCOCCNC(=O)CCC(=O)NCCOCCOCCNC(=O)CCC(=O)N[C@@H](CCCCNC(=O)[C@H](N)CSC3CC(=O)N(CC(=O)NCCCC(O)(O[P+](=O)O)O[P+](=O)O)C3=O)C(N)=O)CCCCC2)cc1. The van der Waals surface area contributed by atoms with Crippen molar-refractivity contribution in [3.63, 3.8) is 0 Å². The maximum absolute atomic E-state index is 14.4. The van der Waals surface area contributed by atoms with E-state index in [1.807, 2.05) is 19.1 Å². The summed E-state index contributed by atoms with van der Waals surface area (Å²) < 4.78 is 52.5. The molecule has 0 bridgehead atoms. The van der Waals surface area contributed by atoms with E-state index in [2.05, 4.69) is 83.1 Å². The first-order chi connectivity index (χ1) is 62.2. The normalized spacial score (nSPS) is 15.1. The monoisotopic (exact) mass is 1890 g/mol. The fourth-order valence-corrected chi connectivity index (χ4v) is 14.9. The number of hydrogen-bond acceptors (Lipinski definition) is 28. The molecule has 5 rings (SSSR count). The lowest BCUT2D eigenvalue weighted by atomic mass is 9.80. The second-order valence-corrected chi connectivity index (χ2v) is 32.7. The van der Waals surface area contributed by atoms with Crippen LogP contribution >= 0.6 is 28.3 Å². The number of anilines is 2. The van der Waals surface area contributed by atoms with E-state index in [1.54, 1.807) is 67.0 Å². The molecule has 0 radical (unpaired) electrons. The Morgan fingerprint density at radius 2 is 1.12 bits per heavy atom. The quantitative estimate of drug-likeness (QED) is 0.0117. The summed E-state index contributed by atoms with van der Waals surface area (Å²) in [5.41, 5.74) is 13.4. The predicted octanol–water partition coefficient (Wildman–Crippen LogP) is 0.0313. The number of nitrogens with zero attached hydrogens (tertiary/aromatic N) is 2. The molecule has 2 aromatic carbocycles. The van der Waals surface area contributed by atoms with E-state index >= 15 is 0 Å². The van der Waals surface area contributed by atoms with Crippen molar-refractivity contribution in [2.45, 2.75) is 189 Å². The fraction of sp³-hybridized carbons (Fsp3) is 0.573. The highest BCUT2D eigenvalue weighted by Gasteiger charge is 2.48. The van der Waals surface area contributed by atoms with Crippen molar-refractivity contribution in [3.05, 3.63) is 95.8 Å². The molecule has 2 fully saturated rings. The highest BCUT2D eigenvalue weighted by Crippen LogP contribution is 2.36. The third-order valence-corrected chi connectivity index (χ3v) is 22.0. The van der Waals surface area contributed by atoms with E-state index < -0.39 is 147 Å². The minimum absolute atomic E-state index is 0.0216. The summed E-state index contributed by atoms with van der Waals surface area (Å²) in [6.07, 6.45) is 7.93. The van der Waals surface area contributed by atoms with Crippen LogP contribution in [-0.2, 0) is 115 Å². The number of likely N-dealkylation sites (tertiary alicyclic amines) is 1. The van der Waals surface area contributed by atoms with Crippen molar-refractivity contribution >= 4 is 140 Å². The predicted molar refractivity (Wildman–Crippen MR) is 470 cm³/mol. The Morgan fingerprint density at radius 3 is 1.69 bits per heavy atom. The molecule has 21 N–H and O–H groups in total. The van der Waals surface area contributed by atoms with Crippen LogP contribution in [0.25, 0.3) is 6.08 Å². The van der Waals surface area contributed by atoms with Crippen molar-refractivity contribution in [2.24, 2.45) is 11.5 Å². The number of carbonyl (C=O) groups is 16. The Kier molecular flexibility index (Phi) is 51.9. The molecule has 3 aromatic rings. The van der Waals surface area contributed by atoms with Gasteiger partial charge in [-0.1, -0.05) is 55.7 Å². The first-order valence-electron chi connectivity index (χ1n) is 42.6. The number of hydrogen-bond donors (Lipinski definition) is 19. The molecule has 48 heteroatoms. The number of carboxylic acids is 1. The first kappa shape index (κ1) is 110. The Bertz CT molecular complexity index is 4260. The van der Waals surface area contributed by atoms with E-state index in [9.17, 15) is 96.1 Å². The Balaban J connectivity index is 0.882. The van der Waals surface area contributed by atoms with E-state index in [0.29, 0.717) is 60.4 Å². The van der Waals surface area contributed by atoms with Crippen molar-refractivity contribution in [1.29, 1.82) is 0 Å². The maximum atomic E-state index is 14.4. The van der Waals surface area contributed by atoms with Crippen LogP contribution in [-0.4, -0.2) is 276 Å². The van der Waals surface area contributed by atoms with Crippen LogP contribution in [0.2, 0.25) is 0 Å². The van der Waals surface area contributed by atoms with Crippen molar-refractivity contribution in [3.8, 4) is 0 Å². The number of aliphatic hydroxyl groups is 1. The van der Waals surface area contributed by atoms with E-state index in [0.717, 1.165) is 29.3 Å². The number of imide groups is 1. The average Bonchev–Trinajstić information content (AvgIpc) is 1.02. The number of para-hydroxylation sites is 1. The van der Waals surface area contributed by atoms with Gasteiger partial charge in [-0.15, -0.1) is 21.5 Å². The molecule has 2 heterocycles. The fourth-order valence-electron chi connectivity index (χ4n) is 12.9. The number of unbranched alkanes of at least 4 members (excludes halogenated alkanes) is 2. The highest BCUT2D eigenvalue weighted by atomic mass is 32.2. The first-order valence-corrected chi connectivity index (χ1v) is 45.9. The number of thioether (sulfide) groups is 1. The zero-order chi connectivity index (χ0) is 95.1. The number of urea groups is 1. The van der Waals surface area contributed by atoms with E-state index in [4.69, 9.17) is 40.2 Å².